The molecule has 0 unspecified atom stereocenters. The molecule has 1 atom stereocenters. The van der Waals surface area contributed by atoms with Gasteiger partial charge in [-0.3, -0.25) is 0 Å². The maximum atomic E-state index is 15.6. The molecule has 0 saturated carbocycles. The van der Waals surface area contributed by atoms with Crippen molar-refractivity contribution in [2.75, 3.05) is 13.7 Å². The van der Waals surface area contributed by atoms with Gasteiger partial charge in [-0.25, -0.2) is 19.2 Å². The minimum atomic E-state index is -1.10. The molecule has 0 spiro atoms. The van der Waals surface area contributed by atoms with Crippen molar-refractivity contribution in [3.05, 3.63) is 45.6 Å². The number of pyridine rings is 1. The number of nitrogens with zero attached hydrogens (tertiary/aromatic N) is 4. The van der Waals surface area contributed by atoms with Crippen LogP contribution in [-0.2, 0) is 27.7 Å². The van der Waals surface area contributed by atoms with Crippen LogP contribution in [0, 0.1) is 19.7 Å². The summed E-state index contributed by atoms with van der Waals surface area (Å²) in [7, 11) is 3.20. The smallest absolute Gasteiger partial charge is 0.339 e. The summed E-state index contributed by atoms with van der Waals surface area (Å²) in [6.45, 7) is 9.85. The second-order valence-electron chi connectivity index (χ2n) is 10.6. The van der Waals surface area contributed by atoms with Crippen molar-refractivity contribution in [1.82, 2.24) is 18.9 Å². The Labute approximate surface area is 235 Å². The molecule has 0 bridgehead atoms. The van der Waals surface area contributed by atoms with Gasteiger partial charge in [-0.05, 0) is 93.9 Å². The van der Waals surface area contributed by atoms with Crippen molar-refractivity contribution in [3.63, 3.8) is 0 Å². The van der Waals surface area contributed by atoms with E-state index in [1.165, 1.54) is 24.7 Å². The Bertz CT molecular complexity index is 1610. The molecule has 4 aromatic rings. The summed E-state index contributed by atoms with van der Waals surface area (Å²) in [6, 6.07) is 3.41. The Hall–Kier alpha value is -3.08. The van der Waals surface area contributed by atoms with Crippen LogP contribution in [0.4, 0.5) is 4.39 Å². The van der Waals surface area contributed by atoms with Crippen molar-refractivity contribution in [3.8, 4) is 27.6 Å². The van der Waals surface area contributed by atoms with Crippen LogP contribution in [0.15, 0.2) is 12.1 Å². The summed E-state index contributed by atoms with van der Waals surface area (Å²) < 4.78 is 38.8. The molecule has 8 nitrogen and oxygen atoms in total. The Morgan fingerprint density at radius 2 is 2.00 bits per heavy atom. The van der Waals surface area contributed by atoms with Crippen LogP contribution >= 0.6 is 23.1 Å². The maximum Gasteiger partial charge on any atom is 0.339 e. The molecule has 1 aliphatic rings. The van der Waals surface area contributed by atoms with Gasteiger partial charge in [-0.15, -0.1) is 0 Å². The number of carbonyl (C=O) groups is 1. The van der Waals surface area contributed by atoms with Crippen LogP contribution in [0.1, 0.15) is 55.7 Å². The number of hydrogen-bond donors (Lipinski definition) is 0. The van der Waals surface area contributed by atoms with Gasteiger partial charge in [0.05, 0.1) is 25.0 Å². The minimum absolute atomic E-state index is 0.155. The second-order valence-corrected chi connectivity index (χ2v) is 11.7. The van der Waals surface area contributed by atoms with Gasteiger partial charge in [0.1, 0.15) is 5.65 Å². The summed E-state index contributed by atoms with van der Waals surface area (Å²) >= 11 is 7.21. The fraction of sp³-hybridized carbons (Fsp3) is 0.429. The van der Waals surface area contributed by atoms with Crippen LogP contribution in [0.3, 0.4) is 0 Å². The van der Waals surface area contributed by atoms with Gasteiger partial charge in [0.15, 0.2) is 22.7 Å². The molecule has 5 rings (SSSR count). The van der Waals surface area contributed by atoms with Gasteiger partial charge in [-0.2, -0.15) is 4.37 Å². The predicted molar refractivity (Wildman–Crippen MR) is 149 cm³/mol. The number of halogens is 2. The molecule has 0 aliphatic carbocycles. The third-order valence-corrected chi connectivity index (χ3v) is 7.88. The number of benzene rings is 1. The zero-order chi connectivity index (χ0) is 28.2. The van der Waals surface area contributed by atoms with Gasteiger partial charge < -0.3 is 18.8 Å². The van der Waals surface area contributed by atoms with Gasteiger partial charge in [0.2, 0.25) is 5.28 Å². The average molecular weight is 573 g/mol. The molecule has 39 heavy (non-hydrogen) atoms. The molecule has 1 aromatic carbocycles. The number of carbonyl (C=O) groups excluding carboxylic acids is 1. The number of fused-ring (bicyclic) bond motifs is 2. The van der Waals surface area contributed by atoms with Crippen LogP contribution in [-0.4, -0.2) is 44.2 Å². The summed E-state index contributed by atoms with van der Waals surface area (Å²) in [5, 5.41) is 1.48. The normalized spacial score (nSPS) is 14.3. The molecule has 3 aromatic heterocycles. The fourth-order valence-electron chi connectivity index (χ4n) is 5.19. The summed E-state index contributed by atoms with van der Waals surface area (Å²) in [5.41, 5.74) is 4.77. The van der Waals surface area contributed by atoms with Crippen LogP contribution < -0.4 is 4.74 Å². The molecule has 11 heteroatoms. The van der Waals surface area contributed by atoms with E-state index >= 15 is 4.39 Å². The SMILES string of the molecule is COC(=O)[C@@H](OC(C)(C)C)c1c(C)nc2c(cc(-c3nc(Cl)ns3)n2C)c1-c1cc(F)c2c(c1C)CCCO2. The molecule has 0 fully saturated rings. The van der Waals surface area contributed by atoms with Crippen LogP contribution in [0.2, 0.25) is 5.28 Å². The van der Waals surface area contributed by atoms with Crippen molar-refractivity contribution in [1.29, 1.82) is 0 Å². The van der Waals surface area contributed by atoms with Crippen LogP contribution in [0.25, 0.3) is 32.9 Å². The van der Waals surface area contributed by atoms with E-state index < -0.39 is 23.5 Å². The highest BCUT2D eigenvalue weighted by Gasteiger charge is 2.35. The first-order chi connectivity index (χ1) is 18.4. The van der Waals surface area contributed by atoms with E-state index in [1.807, 2.05) is 52.3 Å². The second kappa shape index (κ2) is 10.1. The maximum absolute atomic E-state index is 15.6. The summed E-state index contributed by atoms with van der Waals surface area (Å²) in [4.78, 5) is 22.5. The fourth-order valence-corrected chi connectivity index (χ4v) is 6.04. The third-order valence-electron chi connectivity index (χ3n) is 6.88. The Morgan fingerprint density at radius 1 is 1.26 bits per heavy atom. The van der Waals surface area contributed by atoms with E-state index in [1.54, 1.807) is 0 Å². The highest BCUT2D eigenvalue weighted by molar-refractivity contribution is 7.09. The molecule has 0 radical (unpaired) electrons. The van der Waals surface area contributed by atoms with E-state index in [-0.39, 0.29) is 5.28 Å². The quantitative estimate of drug-likeness (QED) is 0.251. The van der Waals surface area contributed by atoms with E-state index in [4.69, 9.17) is 30.8 Å². The lowest BCUT2D eigenvalue weighted by molar-refractivity contribution is -0.164. The predicted octanol–water partition coefficient (Wildman–Crippen LogP) is 6.52. The topological polar surface area (TPSA) is 88.4 Å². The highest BCUT2D eigenvalue weighted by Crippen LogP contribution is 2.45. The molecule has 206 valence electrons. The van der Waals surface area contributed by atoms with Crippen molar-refractivity contribution in [2.45, 2.75) is 59.2 Å². The monoisotopic (exact) mass is 572 g/mol. The van der Waals surface area contributed by atoms with Crippen molar-refractivity contribution < 1.29 is 23.4 Å². The summed E-state index contributed by atoms with van der Waals surface area (Å²) in [5.74, 6) is -0.724. The minimum Gasteiger partial charge on any atom is -0.490 e. The lowest BCUT2D eigenvalue weighted by Crippen LogP contribution is -2.29. The van der Waals surface area contributed by atoms with Crippen molar-refractivity contribution >= 4 is 40.1 Å². The van der Waals surface area contributed by atoms with Gasteiger partial charge >= 0.3 is 5.97 Å². The number of hydrogen-bond acceptors (Lipinski definition) is 8. The Morgan fingerprint density at radius 3 is 2.64 bits per heavy atom. The number of aryl methyl sites for hydroxylation is 2. The van der Waals surface area contributed by atoms with Crippen LogP contribution in [0.5, 0.6) is 5.75 Å². The summed E-state index contributed by atoms with van der Waals surface area (Å²) in [6.07, 6.45) is 0.382. The number of rotatable bonds is 5. The number of ether oxygens (including phenoxy) is 3. The first-order valence-corrected chi connectivity index (χ1v) is 13.8. The lowest BCUT2D eigenvalue weighted by atomic mass is 9.86. The van der Waals surface area contributed by atoms with Gasteiger partial charge in [-0.1, -0.05) is 0 Å². The van der Waals surface area contributed by atoms with Crippen molar-refractivity contribution in [2.24, 2.45) is 7.05 Å². The number of methoxy groups -OCH3 is 1. The number of aromatic nitrogens is 4. The molecular weight excluding hydrogens is 543 g/mol. The number of esters is 1. The first-order valence-electron chi connectivity index (χ1n) is 12.6. The molecule has 0 amide bonds. The first kappa shape index (κ1) is 27.5. The molecule has 1 aliphatic heterocycles. The standard InChI is InChI=1S/C28H30ClFN4O4S/c1-13-15-9-8-10-37-22(15)18(30)11-16(13)21-17-12-19(25-32-27(29)33-39-25)34(6)24(17)31-14(2)20(21)23(26(35)36-7)38-28(3,4)5/h11-12,23H,8-10H2,1-7H3/t23-/m0/s1. The Kier molecular flexibility index (Phi) is 7.15. The van der Waals surface area contributed by atoms with E-state index in [2.05, 4.69) is 9.36 Å². The molecular formula is C28H30ClFN4O4S. The zero-order valence-electron chi connectivity index (χ0n) is 22.9. The zero-order valence-corrected chi connectivity index (χ0v) is 24.5. The molecule has 0 N–H and O–H groups in total. The van der Waals surface area contributed by atoms with Gasteiger partial charge in [0, 0.05) is 34.8 Å². The van der Waals surface area contributed by atoms with E-state index in [9.17, 15) is 4.79 Å². The average Bonchev–Trinajstić information content (AvgIpc) is 3.46. The van der Waals surface area contributed by atoms with E-state index in [0.29, 0.717) is 57.2 Å². The van der Waals surface area contributed by atoms with E-state index in [0.717, 1.165) is 23.2 Å². The third kappa shape index (κ3) is 4.90. The van der Waals surface area contributed by atoms with Gasteiger partial charge in [0.25, 0.3) is 0 Å². The molecule has 0 saturated heterocycles. The largest absolute Gasteiger partial charge is 0.490 e. The Balaban J connectivity index is 1.91. The highest BCUT2D eigenvalue weighted by atomic mass is 35.5. The molecule has 4 heterocycles. The lowest BCUT2D eigenvalue weighted by Gasteiger charge is -2.29.